The zero-order valence-electron chi connectivity index (χ0n) is 18.5. The number of methoxy groups -OCH3 is 1. The van der Waals surface area contributed by atoms with E-state index in [2.05, 4.69) is 10.6 Å². The van der Waals surface area contributed by atoms with Gasteiger partial charge in [0.25, 0.3) is 5.91 Å². The van der Waals surface area contributed by atoms with Crippen LogP contribution in [-0.2, 0) is 16.0 Å². The molecule has 2 aromatic carbocycles. The van der Waals surface area contributed by atoms with Gasteiger partial charge in [0.2, 0.25) is 6.79 Å². The molecule has 0 bridgehead atoms. The van der Waals surface area contributed by atoms with E-state index in [9.17, 15) is 9.59 Å². The summed E-state index contributed by atoms with van der Waals surface area (Å²) in [6.07, 6.45) is 0.508. The second-order valence-corrected chi connectivity index (χ2v) is 7.76. The van der Waals surface area contributed by atoms with E-state index in [1.807, 2.05) is 55.5 Å². The lowest BCUT2D eigenvalue weighted by Gasteiger charge is -2.25. The highest BCUT2D eigenvalue weighted by molar-refractivity contribution is 6.02. The molecule has 8 heteroatoms. The Morgan fingerprint density at radius 1 is 1.03 bits per heavy atom. The van der Waals surface area contributed by atoms with Gasteiger partial charge in [0.15, 0.2) is 17.3 Å². The molecule has 0 radical (unpaired) electrons. The maximum atomic E-state index is 12.6. The third kappa shape index (κ3) is 5.53. The first-order valence-corrected chi connectivity index (χ1v) is 10.7. The second-order valence-electron chi connectivity index (χ2n) is 7.76. The predicted molar refractivity (Wildman–Crippen MR) is 122 cm³/mol. The molecule has 8 nitrogen and oxygen atoms in total. The lowest BCUT2D eigenvalue weighted by molar-refractivity contribution is -0.139. The smallest absolute Gasteiger partial charge is 0.319 e. The number of fused-ring (bicyclic) bond motifs is 1. The van der Waals surface area contributed by atoms with Gasteiger partial charge in [0, 0.05) is 24.1 Å². The average Bonchev–Trinajstić information content (AvgIpc) is 3.50. The highest BCUT2D eigenvalue weighted by Crippen LogP contribution is 2.36. The number of ether oxygens (including phenoxy) is 3. The van der Waals surface area contributed by atoms with E-state index in [-0.39, 0.29) is 42.9 Å². The number of hydrogen-bond acceptors (Lipinski definition) is 7. The fourth-order valence-electron chi connectivity index (χ4n) is 3.73. The van der Waals surface area contributed by atoms with Crippen molar-refractivity contribution in [3.05, 3.63) is 77.7 Å². The monoisotopic (exact) mass is 450 g/mol. The van der Waals surface area contributed by atoms with Crippen LogP contribution in [0.15, 0.2) is 65.1 Å². The predicted octanol–water partition coefficient (Wildman–Crippen LogP) is 3.74. The zero-order chi connectivity index (χ0) is 23.2. The molecule has 2 N–H and O–H groups in total. The summed E-state index contributed by atoms with van der Waals surface area (Å²) in [6.45, 7) is 2.27. The Balaban J connectivity index is 1.51. The third-order valence-corrected chi connectivity index (χ3v) is 5.56. The molecule has 3 aromatic rings. The standard InChI is InChI=1S/C25H26N2O6/c1-16(26-14-24(28)30-2)20(17-8-10-21-23(12-17)32-15-31-21)13-19-9-11-22(33-19)25(29)27-18-6-4-3-5-7-18/h3-12,16,20,26H,13-15H2,1-2H3,(H,27,29). The highest BCUT2D eigenvalue weighted by Gasteiger charge is 2.25. The van der Waals surface area contributed by atoms with E-state index in [4.69, 9.17) is 18.6 Å². The molecule has 1 aromatic heterocycles. The molecule has 0 aliphatic carbocycles. The van der Waals surface area contributed by atoms with Gasteiger partial charge in [-0.15, -0.1) is 0 Å². The van der Waals surface area contributed by atoms with Crippen molar-refractivity contribution < 1.29 is 28.2 Å². The summed E-state index contributed by atoms with van der Waals surface area (Å²) in [6, 6.07) is 18.3. The summed E-state index contributed by atoms with van der Waals surface area (Å²) in [7, 11) is 1.36. The van der Waals surface area contributed by atoms with Gasteiger partial charge >= 0.3 is 5.97 Å². The number of rotatable bonds is 9. The van der Waals surface area contributed by atoms with Gasteiger partial charge in [-0.1, -0.05) is 24.3 Å². The SMILES string of the molecule is COC(=O)CNC(C)C(Cc1ccc(C(=O)Nc2ccccc2)o1)c1ccc2c(c1)OCO2. The van der Waals surface area contributed by atoms with E-state index in [0.29, 0.717) is 29.4 Å². The molecular weight excluding hydrogens is 424 g/mol. The highest BCUT2D eigenvalue weighted by atomic mass is 16.7. The van der Waals surface area contributed by atoms with Crippen LogP contribution in [0, 0.1) is 0 Å². The first kappa shape index (κ1) is 22.4. The van der Waals surface area contributed by atoms with E-state index in [0.717, 1.165) is 5.56 Å². The van der Waals surface area contributed by atoms with Gasteiger partial charge in [-0.05, 0) is 48.9 Å². The number of hydrogen-bond donors (Lipinski definition) is 2. The number of anilines is 1. The number of carbonyl (C=O) groups is 2. The molecule has 2 heterocycles. The summed E-state index contributed by atoms with van der Waals surface area (Å²) in [5.74, 6) is 1.54. The molecule has 172 valence electrons. The molecule has 1 aliphatic rings. The van der Waals surface area contributed by atoms with Gasteiger partial charge in [-0.3, -0.25) is 9.59 Å². The molecule has 33 heavy (non-hydrogen) atoms. The molecule has 0 saturated heterocycles. The van der Waals surface area contributed by atoms with E-state index in [1.54, 1.807) is 12.1 Å². The van der Waals surface area contributed by atoms with Crippen molar-refractivity contribution in [3.8, 4) is 11.5 Å². The maximum Gasteiger partial charge on any atom is 0.319 e. The van der Waals surface area contributed by atoms with Gasteiger partial charge in [0.1, 0.15) is 5.76 Å². The minimum absolute atomic E-state index is 0.0691. The lowest BCUT2D eigenvalue weighted by atomic mass is 9.88. The quantitative estimate of drug-likeness (QED) is 0.479. The molecule has 4 rings (SSSR count). The molecule has 0 spiro atoms. The van der Waals surface area contributed by atoms with Crippen LogP contribution in [0.5, 0.6) is 11.5 Å². The molecule has 0 saturated carbocycles. The number of para-hydroxylation sites is 1. The third-order valence-electron chi connectivity index (χ3n) is 5.56. The fourth-order valence-corrected chi connectivity index (χ4v) is 3.73. The van der Waals surface area contributed by atoms with Crippen LogP contribution in [0.1, 0.15) is 34.7 Å². The van der Waals surface area contributed by atoms with Crippen LogP contribution in [0.25, 0.3) is 0 Å². The Hall–Kier alpha value is -3.78. The van der Waals surface area contributed by atoms with Crippen molar-refractivity contribution in [3.63, 3.8) is 0 Å². The van der Waals surface area contributed by atoms with Gasteiger partial charge < -0.3 is 29.3 Å². The van der Waals surface area contributed by atoms with Crippen molar-refractivity contribution >= 4 is 17.6 Å². The number of benzene rings is 2. The van der Waals surface area contributed by atoms with Crippen molar-refractivity contribution in [2.45, 2.75) is 25.3 Å². The molecule has 2 unspecified atom stereocenters. The summed E-state index contributed by atoms with van der Waals surface area (Å²) in [5.41, 5.74) is 1.69. The largest absolute Gasteiger partial charge is 0.468 e. The Morgan fingerprint density at radius 3 is 2.61 bits per heavy atom. The average molecular weight is 450 g/mol. The van der Waals surface area contributed by atoms with Crippen molar-refractivity contribution in [1.29, 1.82) is 0 Å². The zero-order valence-corrected chi connectivity index (χ0v) is 18.5. The Bertz CT molecular complexity index is 1110. The van der Waals surface area contributed by atoms with Crippen LogP contribution in [0.4, 0.5) is 5.69 Å². The molecule has 0 fully saturated rings. The van der Waals surface area contributed by atoms with E-state index < -0.39 is 0 Å². The number of esters is 1. The maximum absolute atomic E-state index is 12.6. The lowest BCUT2D eigenvalue weighted by Crippen LogP contribution is -2.37. The van der Waals surface area contributed by atoms with E-state index >= 15 is 0 Å². The number of amides is 1. The van der Waals surface area contributed by atoms with Gasteiger partial charge in [0.05, 0.1) is 13.7 Å². The van der Waals surface area contributed by atoms with Crippen LogP contribution < -0.4 is 20.1 Å². The summed E-state index contributed by atoms with van der Waals surface area (Å²) in [5, 5.41) is 6.03. The summed E-state index contributed by atoms with van der Waals surface area (Å²) in [4.78, 5) is 24.2. The first-order chi connectivity index (χ1) is 16.0. The first-order valence-electron chi connectivity index (χ1n) is 10.7. The minimum atomic E-state index is -0.343. The normalized spacial score (nSPS) is 13.9. The van der Waals surface area contributed by atoms with Crippen molar-refractivity contribution in [1.82, 2.24) is 5.32 Å². The Labute approximate surface area is 191 Å². The number of furan rings is 1. The minimum Gasteiger partial charge on any atom is -0.468 e. The van der Waals surface area contributed by atoms with Crippen LogP contribution in [0.2, 0.25) is 0 Å². The summed E-state index contributed by atoms with van der Waals surface area (Å²) < 4.78 is 21.6. The Morgan fingerprint density at radius 2 is 1.82 bits per heavy atom. The molecule has 1 amide bonds. The fraction of sp³-hybridized carbons (Fsp3) is 0.280. The van der Waals surface area contributed by atoms with E-state index in [1.165, 1.54) is 7.11 Å². The van der Waals surface area contributed by atoms with Gasteiger partial charge in [-0.2, -0.15) is 0 Å². The topological polar surface area (TPSA) is 99.0 Å². The Kier molecular flexibility index (Phi) is 6.95. The van der Waals surface area contributed by atoms with Crippen molar-refractivity contribution in [2.75, 3.05) is 25.8 Å². The van der Waals surface area contributed by atoms with Crippen molar-refractivity contribution in [2.24, 2.45) is 0 Å². The molecule has 1 aliphatic heterocycles. The van der Waals surface area contributed by atoms with Gasteiger partial charge in [-0.25, -0.2) is 0 Å². The number of nitrogens with one attached hydrogen (secondary N) is 2. The van der Waals surface area contributed by atoms with Crippen LogP contribution >= 0.6 is 0 Å². The molecule has 2 atom stereocenters. The second kappa shape index (κ2) is 10.2. The van der Waals surface area contributed by atoms with Crippen LogP contribution in [0.3, 0.4) is 0 Å². The molecular formula is C25H26N2O6. The number of carbonyl (C=O) groups excluding carboxylic acids is 2. The van der Waals surface area contributed by atoms with Crippen LogP contribution in [-0.4, -0.2) is 38.4 Å². The summed E-state index contributed by atoms with van der Waals surface area (Å²) >= 11 is 0.